The largest absolute Gasteiger partial charge is 0.350 e. The average Bonchev–Trinajstić information content (AvgIpc) is 3.19. The van der Waals surface area contributed by atoms with Crippen LogP contribution in [-0.4, -0.2) is 54.4 Å². The Labute approximate surface area is 202 Å². The molecule has 1 aliphatic carbocycles. The zero-order chi connectivity index (χ0) is 24.0. The number of hydrogen-bond donors (Lipinski definition) is 2. The summed E-state index contributed by atoms with van der Waals surface area (Å²) in [6.07, 6.45) is 6.81. The fourth-order valence-electron chi connectivity index (χ4n) is 4.64. The zero-order valence-corrected chi connectivity index (χ0v) is 21.6. The molecule has 2 amide bonds. The molecular weight excluding hydrogens is 432 g/mol. The van der Waals surface area contributed by atoms with Crippen LogP contribution in [0.3, 0.4) is 0 Å². The fourth-order valence-corrected chi connectivity index (χ4v) is 5.70. The van der Waals surface area contributed by atoms with Crippen LogP contribution in [0.5, 0.6) is 0 Å². The van der Waals surface area contributed by atoms with Crippen LogP contribution in [0, 0.1) is 5.92 Å². The Morgan fingerprint density at radius 3 is 2.52 bits per heavy atom. The lowest BCUT2D eigenvalue weighted by Gasteiger charge is -2.33. The van der Waals surface area contributed by atoms with Crippen LogP contribution in [0.1, 0.15) is 75.8 Å². The Bertz CT molecular complexity index is 934. The fraction of sp³-hybridized carbons (Fsp3) is 0.654. The molecule has 182 valence electrons. The van der Waals surface area contributed by atoms with Crippen LogP contribution in [0.4, 0.5) is 0 Å². The van der Waals surface area contributed by atoms with E-state index in [9.17, 15) is 9.59 Å². The molecule has 0 aliphatic heterocycles. The van der Waals surface area contributed by atoms with Crippen molar-refractivity contribution in [3.05, 3.63) is 28.8 Å². The Morgan fingerprint density at radius 2 is 1.88 bits per heavy atom. The molecule has 1 fully saturated rings. The highest BCUT2D eigenvalue weighted by atomic mass is 32.1. The first-order valence-electron chi connectivity index (χ1n) is 12.4. The number of fused-ring (bicyclic) bond motifs is 1. The highest BCUT2D eigenvalue weighted by Gasteiger charge is 2.29. The van der Waals surface area contributed by atoms with Crippen molar-refractivity contribution < 1.29 is 9.59 Å². The van der Waals surface area contributed by atoms with Crippen molar-refractivity contribution in [2.45, 2.75) is 83.7 Å². The van der Waals surface area contributed by atoms with Gasteiger partial charge in [-0.05, 0) is 56.5 Å². The van der Waals surface area contributed by atoms with Gasteiger partial charge in [0.05, 0.1) is 15.2 Å². The summed E-state index contributed by atoms with van der Waals surface area (Å²) in [5.41, 5.74) is 2.23. The van der Waals surface area contributed by atoms with Crippen LogP contribution in [-0.2, 0) is 16.0 Å². The quantitative estimate of drug-likeness (QED) is 0.535. The zero-order valence-electron chi connectivity index (χ0n) is 20.8. The first-order chi connectivity index (χ1) is 15.8. The number of nitrogens with zero attached hydrogens (tertiary/aromatic N) is 2. The molecular formula is C26H40N4O2S. The van der Waals surface area contributed by atoms with Crippen LogP contribution in [0.2, 0.25) is 0 Å². The van der Waals surface area contributed by atoms with Gasteiger partial charge in [0, 0.05) is 25.4 Å². The predicted octanol–water partition coefficient (Wildman–Crippen LogP) is 4.48. The van der Waals surface area contributed by atoms with Gasteiger partial charge in [0.15, 0.2) is 0 Å². The lowest BCUT2D eigenvalue weighted by atomic mass is 9.83. The van der Waals surface area contributed by atoms with Crippen molar-refractivity contribution in [3.63, 3.8) is 0 Å². The summed E-state index contributed by atoms with van der Waals surface area (Å²) in [5, 5.41) is 7.14. The van der Waals surface area contributed by atoms with Crippen molar-refractivity contribution in [1.29, 1.82) is 0 Å². The molecule has 0 radical (unpaired) electrons. The number of amides is 2. The Kier molecular flexibility index (Phi) is 9.27. The molecule has 7 heteroatoms. The first-order valence-corrected chi connectivity index (χ1v) is 13.2. The van der Waals surface area contributed by atoms with Crippen molar-refractivity contribution in [2.24, 2.45) is 5.92 Å². The van der Waals surface area contributed by atoms with Crippen LogP contribution < -0.4 is 10.6 Å². The maximum atomic E-state index is 13.4. The third kappa shape index (κ3) is 7.24. The third-order valence-corrected chi connectivity index (χ3v) is 7.62. The SMILES string of the molecule is CCC(=O)NC(Cc1nc2ccc(C(C)C)cc2s1)C(=O)NC(CN(C)C)C1CCCCC1. The average molecular weight is 473 g/mol. The van der Waals surface area contributed by atoms with E-state index in [0.29, 0.717) is 24.7 Å². The molecule has 3 rings (SSSR count). The Balaban J connectivity index is 1.78. The number of rotatable bonds is 10. The van der Waals surface area contributed by atoms with Crippen LogP contribution >= 0.6 is 11.3 Å². The van der Waals surface area contributed by atoms with Crippen molar-refractivity contribution >= 4 is 33.4 Å². The molecule has 6 nitrogen and oxygen atoms in total. The van der Waals surface area contributed by atoms with E-state index in [4.69, 9.17) is 4.98 Å². The molecule has 2 unspecified atom stereocenters. The maximum Gasteiger partial charge on any atom is 0.243 e. The molecule has 2 atom stereocenters. The number of hydrogen-bond acceptors (Lipinski definition) is 5. The number of carbonyl (C=O) groups excluding carboxylic acids is 2. The summed E-state index contributed by atoms with van der Waals surface area (Å²) in [4.78, 5) is 32.6. The van der Waals surface area contributed by atoms with Gasteiger partial charge in [-0.3, -0.25) is 9.59 Å². The lowest BCUT2D eigenvalue weighted by Crippen LogP contribution is -2.54. The van der Waals surface area contributed by atoms with E-state index < -0.39 is 6.04 Å². The summed E-state index contributed by atoms with van der Waals surface area (Å²) in [6.45, 7) is 6.98. The number of carbonyl (C=O) groups is 2. The van der Waals surface area contributed by atoms with Gasteiger partial charge in [0.1, 0.15) is 6.04 Å². The third-order valence-electron chi connectivity index (χ3n) is 6.58. The molecule has 2 aromatic rings. The number of nitrogens with one attached hydrogen (secondary N) is 2. The number of aromatic nitrogens is 1. The molecule has 1 heterocycles. The van der Waals surface area contributed by atoms with Gasteiger partial charge in [0.2, 0.25) is 11.8 Å². The number of thiazole rings is 1. The van der Waals surface area contributed by atoms with Crippen molar-refractivity contribution in [2.75, 3.05) is 20.6 Å². The predicted molar refractivity (Wildman–Crippen MR) is 137 cm³/mol. The van der Waals surface area contributed by atoms with E-state index in [2.05, 4.69) is 47.6 Å². The van der Waals surface area contributed by atoms with E-state index in [1.807, 2.05) is 21.0 Å². The molecule has 1 saturated carbocycles. The van der Waals surface area contributed by atoms with Gasteiger partial charge < -0.3 is 15.5 Å². The molecule has 0 spiro atoms. The van der Waals surface area contributed by atoms with Gasteiger partial charge in [-0.2, -0.15) is 0 Å². The molecule has 1 aromatic heterocycles. The molecule has 1 aliphatic rings. The number of benzene rings is 1. The molecule has 0 bridgehead atoms. The van der Waals surface area contributed by atoms with E-state index in [1.54, 1.807) is 11.3 Å². The van der Waals surface area contributed by atoms with Crippen molar-refractivity contribution in [1.82, 2.24) is 20.5 Å². The van der Waals surface area contributed by atoms with Gasteiger partial charge in [-0.15, -0.1) is 11.3 Å². The van der Waals surface area contributed by atoms with Crippen molar-refractivity contribution in [3.8, 4) is 0 Å². The maximum absolute atomic E-state index is 13.4. The van der Waals surface area contributed by atoms with E-state index in [1.165, 1.54) is 24.8 Å². The lowest BCUT2D eigenvalue weighted by molar-refractivity contribution is -0.129. The number of likely N-dealkylation sites (N-methyl/N-ethyl adjacent to an activating group) is 1. The summed E-state index contributed by atoms with van der Waals surface area (Å²) < 4.78 is 1.13. The monoisotopic (exact) mass is 472 g/mol. The van der Waals surface area contributed by atoms with Crippen LogP contribution in [0.25, 0.3) is 10.2 Å². The van der Waals surface area contributed by atoms with E-state index in [-0.39, 0.29) is 17.9 Å². The minimum absolute atomic E-state index is 0.0952. The first kappa shape index (κ1) is 25.6. The highest BCUT2D eigenvalue weighted by molar-refractivity contribution is 7.18. The standard InChI is InChI=1S/C26H40N4O2S/c1-6-24(31)27-21(15-25-28-20-13-12-19(17(2)3)14-23(20)33-25)26(32)29-22(16-30(4)5)18-10-8-7-9-11-18/h12-14,17-18,21-22H,6-11,15-16H2,1-5H3,(H,27,31)(H,29,32). The topological polar surface area (TPSA) is 74.3 Å². The minimum atomic E-state index is -0.615. The van der Waals surface area contributed by atoms with E-state index in [0.717, 1.165) is 34.6 Å². The van der Waals surface area contributed by atoms with Gasteiger partial charge in [0.25, 0.3) is 0 Å². The summed E-state index contributed by atoms with van der Waals surface area (Å²) >= 11 is 1.62. The summed E-state index contributed by atoms with van der Waals surface area (Å²) in [5.74, 6) is 0.733. The molecule has 0 saturated heterocycles. The Hall–Kier alpha value is -1.99. The molecule has 1 aromatic carbocycles. The second kappa shape index (κ2) is 11.9. The minimum Gasteiger partial charge on any atom is -0.350 e. The van der Waals surface area contributed by atoms with Gasteiger partial charge >= 0.3 is 0 Å². The van der Waals surface area contributed by atoms with E-state index >= 15 is 0 Å². The summed E-state index contributed by atoms with van der Waals surface area (Å²) in [6, 6.07) is 5.85. The second-order valence-corrected chi connectivity index (χ2v) is 11.1. The summed E-state index contributed by atoms with van der Waals surface area (Å²) in [7, 11) is 4.09. The Morgan fingerprint density at radius 1 is 1.15 bits per heavy atom. The normalized spacial score (nSPS) is 16.8. The molecule has 33 heavy (non-hydrogen) atoms. The molecule has 2 N–H and O–H groups in total. The smallest absolute Gasteiger partial charge is 0.243 e. The highest BCUT2D eigenvalue weighted by Crippen LogP contribution is 2.28. The van der Waals surface area contributed by atoms with Gasteiger partial charge in [-0.25, -0.2) is 4.98 Å². The van der Waals surface area contributed by atoms with Gasteiger partial charge in [-0.1, -0.05) is 46.1 Å². The second-order valence-electron chi connectivity index (χ2n) is 9.94. The van der Waals surface area contributed by atoms with Crippen LogP contribution in [0.15, 0.2) is 18.2 Å².